The van der Waals surface area contributed by atoms with Crippen LogP contribution in [0.3, 0.4) is 0 Å². The Hall–Kier alpha value is -0.120. The van der Waals surface area contributed by atoms with Gasteiger partial charge in [0.15, 0.2) is 0 Å². The first kappa shape index (κ1) is 7.88. The van der Waals surface area contributed by atoms with E-state index < -0.39 is 0 Å². The van der Waals surface area contributed by atoms with Crippen molar-refractivity contribution in [2.45, 2.75) is 18.9 Å². The molecule has 0 aromatic heterocycles. The average Bonchev–Trinajstić information content (AvgIpc) is 1.67. The number of aliphatic hydroxyl groups is 1. The molecule has 0 saturated carbocycles. The Balaban J connectivity index is 3.37. The molecule has 0 amide bonds. The predicted molar refractivity (Wildman–Crippen MR) is 33.3 cm³/mol. The highest BCUT2D eigenvalue weighted by Crippen LogP contribution is 1.99. The fourth-order valence-electron chi connectivity index (χ4n) is 0.357. The van der Waals surface area contributed by atoms with E-state index in [1.54, 1.807) is 0 Å². The van der Waals surface area contributed by atoms with Crippen LogP contribution in [0.4, 0.5) is 0 Å². The molecule has 0 heterocycles. The lowest BCUT2D eigenvalue weighted by atomic mass is 10.0. The van der Waals surface area contributed by atoms with Crippen molar-refractivity contribution < 1.29 is 5.11 Å². The molecule has 0 spiro atoms. The van der Waals surface area contributed by atoms with Crippen LogP contribution in [0.2, 0.25) is 0 Å². The monoisotopic (exact) mass is 118 g/mol. The second-order valence-electron chi connectivity index (χ2n) is 2.33. The maximum Gasteiger partial charge on any atom is 0.0448 e. The van der Waals surface area contributed by atoms with Crippen molar-refractivity contribution in [3.8, 4) is 0 Å². The Labute approximate surface area is 49.7 Å². The Morgan fingerprint density at radius 1 is 1.62 bits per heavy atom. The van der Waals surface area contributed by atoms with Crippen molar-refractivity contribution in [2.75, 3.05) is 13.2 Å². The molecule has 1 unspecified atom stereocenters. The van der Waals surface area contributed by atoms with Crippen molar-refractivity contribution in [1.82, 2.24) is 0 Å². The van der Waals surface area contributed by atoms with Crippen molar-refractivity contribution in [3.63, 3.8) is 0 Å². The van der Waals surface area contributed by atoms with Crippen molar-refractivity contribution in [2.24, 2.45) is 11.5 Å². The van der Waals surface area contributed by atoms with Gasteiger partial charge >= 0.3 is 0 Å². The minimum absolute atomic E-state index is 0.115. The lowest BCUT2D eigenvalue weighted by Crippen LogP contribution is -2.44. The highest BCUT2D eigenvalue weighted by atomic mass is 16.3. The minimum Gasteiger partial charge on any atom is -0.396 e. The maximum atomic E-state index is 8.40. The van der Waals surface area contributed by atoms with Gasteiger partial charge in [-0.15, -0.1) is 0 Å². The van der Waals surface area contributed by atoms with Crippen LogP contribution < -0.4 is 11.5 Å². The van der Waals surface area contributed by atoms with E-state index in [1.165, 1.54) is 0 Å². The molecule has 0 aromatic rings. The van der Waals surface area contributed by atoms with Crippen molar-refractivity contribution in [1.29, 1.82) is 0 Å². The number of nitrogens with two attached hydrogens (primary N) is 2. The standard InChI is InChI=1S/C5H14N2O/c1-5(7,4-6)2-3-8/h8H,2-4,6-7H2,1H3. The fraction of sp³-hybridized carbons (Fsp3) is 1.00. The summed E-state index contributed by atoms with van der Waals surface area (Å²) in [6.07, 6.45) is 0.573. The quantitative estimate of drug-likeness (QED) is 0.447. The largest absolute Gasteiger partial charge is 0.396 e. The summed E-state index contributed by atoms with van der Waals surface area (Å²) in [6, 6.07) is 0. The molecule has 0 aliphatic carbocycles. The van der Waals surface area contributed by atoms with Gasteiger partial charge in [-0.25, -0.2) is 0 Å². The molecule has 0 radical (unpaired) electrons. The fourth-order valence-corrected chi connectivity index (χ4v) is 0.357. The first-order valence-electron chi connectivity index (χ1n) is 2.72. The first-order chi connectivity index (χ1) is 3.62. The Morgan fingerprint density at radius 2 is 2.12 bits per heavy atom. The molecule has 0 aromatic carbocycles. The molecule has 0 fully saturated rings. The van der Waals surface area contributed by atoms with Gasteiger partial charge in [-0.1, -0.05) is 0 Å². The molecule has 0 saturated heterocycles. The summed E-state index contributed by atoms with van der Waals surface area (Å²) in [5.74, 6) is 0. The molecular weight excluding hydrogens is 104 g/mol. The minimum atomic E-state index is -0.380. The van der Waals surface area contributed by atoms with Crippen LogP contribution in [-0.2, 0) is 0 Å². The molecule has 8 heavy (non-hydrogen) atoms. The third kappa shape index (κ3) is 2.96. The van der Waals surface area contributed by atoms with Gasteiger partial charge in [0.1, 0.15) is 0 Å². The van der Waals surface area contributed by atoms with Crippen LogP contribution in [0.1, 0.15) is 13.3 Å². The Bertz CT molecular complexity index is 63.4. The van der Waals surface area contributed by atoms with E-state index in [9.17, 15) is 0 Å². The van der Waals surface area contributed by atoms with Gasteiger partial charge in [-0.2, -0.15) is 0 Å². The third-order valence-corrected chi connectivity index (χ3v) is 1.15. The lowest BCUT2D eigenvalue weighted by molar-refractivity contribution is 0.249. The van der Waals surface area contributed by atoms with Gasteiger partial charge < -0.3 is 16.6 Å². The zero-order chi connectivity index (χ0) is 6.62. The molecule has 0 bridgehead atoms. The number of hydrogen-bond acceptors (Lipinski definition) is 3. The van der Waals surface area contributed by atoms with Crippen LogP contribution in [0.5, 0.6) is 0 Å². The number of hydrogen-bond donors (Lipinski definition) is 3. The van der Waals surface area contributed by atoms with Gasteiger partial charge in [0, 0.05) is 18.7 Å². The number of aliphatic hydroxyl groups excluding tert-OH is 1. The maximum absolute atomic E-state index is 8.40. The molecule has 3 nitrogen and oxygen atoms in total. The van der Waals surface area contributed by atoms with Crippen LogP contribution in [0.15, 0.2) is 0 Å². The van der Waals surface area contributed by atoms with Crippen molar-refractivity contribution in [3.05, 3.63) is 0 Å². The van der Waals surface area contributed by atoms with Crippen LogP contribution in [0.25, 0.3) is 0 Å². The van der Waals surface area contributed by atoms with E-state index in [-0.39, 0.29) is 12.1 Å². The topological polar surface area (TPSA) is 72.3 Å². The molecule has 1 atom stereocenters. The normalized spacial score (nSPS) is 18.0. The van der Waals surface area contributed by atoms with Crippen molar-refractivity contribution >= 4 is 0 Å². The van der Waals surface area contributed by atoms with E-state index in [2.05, 4.69) is 0 Å². The zero-order valence-electron chi connectivity index (χ0n) is 5.22. The molecule has 0 rings (SSSR count). The van der Waals surface area contributed by atoms with Crippen LogP contribution >= 0.6 is 0 Å². The summed E-state index contributed by atoms with van der Waals surface area (Å²) in [5, 5.41) is 8.40. The van der Waals surface area contributed by atoms with Gasteiger partial charge in [-0.05, 0) is 13.3 Å². The van der Waals surface area contributed by atoms with Gasteiger partial charge in [0.2, 0.25) is 0 Å². The summed E-state index contributed by atoms with van der Waals surface area (Å²) in [5.41, 5.74) is 10.4. The second kappa shape index (κ2) is 3.02. The van der Waals surface area contributed by atoms with Crippen LogP contribution in [-0.4, -0.2) is 23.8 Å². The van der Waals surface area contributed by atoms with E-state index >= 15 is 0 Å². The second-order valence-corrected chi connectivity index (χ2v) is 2.33. The van der Waals surface area contributed by atoms with E-state index in [4.69, 9.17) is 16.6 Å². The average molecular weight is 118 g/mol. The Morgan fingerprint density at radius 3 is 2.25 bits per heavy atom. The highest BCUT2D eigenvalue weighted by molar-refractivity contribution is 4.78. The van der Waals surface area contributed by atoms with Crippen LogP contribution in [0, 0.1) is 0 Å². The SMILES string of the molecule is CC(N)(CN)CCO. The number of rotatable bonds is 3. The van der Waals surface area contributed by atoms with E-state index in [1.807, 2.05) is 6.92 Å². The summed E-state index contributed by atoms with van der Waals surface area (Å²) < 4.78 is 0. The third-order valence-electron chi connectivity index (χ3n) is 1.15. The van der Waals surface area contributed by atoms with Gasteiger partial charge in [0.05, 0.1) is 0 Å². The molecule has 0 aliphatic rings. The van der Waals surface area contributed by atoms with E-state index in [0.717, 1.165) is 0 Å². The Kier molecular flexibility index (Phi) is 2.97. The zero-order valence-corrected chi connectivity index (χ0v) is 5.22. The highest BCUT2D eigenvalue weighted by Gasteiger charge is 2.13. The summed E-state index contributed by atoms with van der Waals surface area (Å²) in [4.78, 5) is 0. The molecular formula is C5H14N2O. The first-order valence-corrected chi connectivity index (χ1v) is 2.72. The molecule has 3 heteroatoms. The lowest BCUT2D eigenvalue weighted by Gasteiger charge is -2.20. The molecule has 5 N–H and O–H groups in total. The van der Waals surface area contributed by atoms with Gasteiger partial charge in [0.25, 0.3) is 0 Å². The molecule has 50 valence electrons. The summed E-state index contributed by atoms with van der Waals surface area (Å²) in [7, 11) is 0. The van der Waals surface area contributed by atoms with Gasteiger partial charge in [-0.3, -0.25) is 0 Å². The summed E-state index contributed by atoms with van der Waals surface area (Å²) in [6.45, 7) is 2.36. The molecule has 0 aliphatic heterocycles. The smallest absolute Gasteiger partial charge is 0.0448 e. The van der Waals surface area contributed by atoms with E-state index in [0.29, 0.717) is 13.0 Å². The predicted octanol–water partition coefficient (Wildman–Crippen LogP) is -0.955. The summed E-state index contributed by atoms with van der Waals surface area (Å²) >= 11 is 0.